The molecule has 51 heavy (non-hydrogen) atoms. The zero-order chi connectivity index (χ0) is 36.3. The van der Waals surface area contributed by atoms with Crippen molar-refractivity contribution in [2.45, 2.75) is 82.0 Å². The molecule has 0 radical (unpaired) electrons. The Labute approximate surface area is 293 Å². The van der Waals surface area contributed by atoms with E-state index in [1.54, 1.807) is 23.3 Å². The summed E-state index contributed by atoms with van der Waals surface area (Å²) in [5.74, 6) is -1.58. The van der Waals surface area contributed by atoms with Crippen molar-refractivity contribution in [3.8, 4) is 0 Å². The molecule has 2 aliphatic rings. The van der Waals surface area contributed by atoms with Gasteiger partial charge in [0.15, 0.2) is 17.0 Å². The van der Waals surface area contributed by atoms with Gasteiger partial charge < -0.3 is 35.2 Å². The minimum absolute atomic E-state index is 0.0334. The number of hydrogen-bond acceptors (Lipinski definition) is 9. The number of carbonyl (C=O) groups excluding carboxylic acids is 2. The summed E-state index contributed by atoms with van der Waals surface area (Å²) in [5.41, 5.74) is 2.89. The molecule has 12 nitrogen and oxygen atoms in total. The lowest BCUT2D eigenvalue weighted by molar-refractivity contribution is -0.187. The summed E-state index contributed by atoms with van der Waals surface area (Å²) in [6.07, 6.45) is -4.85. The van der Waals surface area contributed by atoms with Crippen molar-refractivity contribution >= 4 is 34.7 Å². The van der Waals surface area contributed by atoms with Gasteiger partial charge in [-0.3, -0.25) is 9.59 Å². The van der Waals surface area contributed by atoms with Crippen LogP contribution in [0.15, 0.2) is 67.0 Å². The molecular formula is C36H43F3N8O4. The number of benzene rings is 2. The quantitative estimate of drug-likeness (QED) is 0.171. The Morgan fingerprint density at radius 1 is 1.00 bits per heavy atom. The van der Waals surface area contributed by atoms with E-state index in [0.29, 0.717) is 42.9 Å². The summed E-state index contributed by atoms with van der Waals surface area (Å²) in [4.78, 5) is 41.5. The molecule has 5 atom stereocenters. The molecule has 6 rings (SSSR count). The zero-order valence-electron chi connectivity index (χ0n) is 28.5. The van der Waals surface area contributed by atoms with Crippen LogP contribution in [0.25, 0.3) is 11.2 Å². The average Bonchev–Trinajstić information content (AvgIpc) is 3.86. The lowest BCUT2D eigenvalue weighted by Crippen LogP contribution is -2.48. The molecule has 2 aromatic carbocycles. The van der Waals surface area contributed by atoms with E-state index < -0.39 is 42.4 Å². The number of aliphatic hydroxyl groups is 2. The van der Waals surface area contributed by atoms with Crippen molar-refractivity contribution < 1.29 is 33.0 Å². The van der Waals surface area contributed by atoms with Crippen LogP contribution >= 0.6 is 0 Å². The molecule has 0 spiro atoms. The molecule has 2 amide bonds. The molecule has 1 aliphatic heterocycles. The van der Waals surface area contributed by atoms with Crippen LogP contribution in [0.2, 0.25) is 0 Å². The van der Waals surface area contributed by atoms with E-state index in [2.05, 4.69) is 15.6 Å². The Morgan fingerprint density at radius 3 is 2.27 bits per heavy atom. The number of carbonyl (C=O) groups is 2. The Balaban J connectivity index is 1.36. The number of nitrogens with one attached hydrogen (secondary N) is 2. The number of hydrogen-bond donors (Lipinski definition) is 4. The third kappa shape index (κ3) is 7.64. The Kier molecular flexibility index (Phi) is 10.8. The maximum absolute atomic E-state index is 13.5. The molecule has 1 saturated heterocycles. The molecule has 272 valence electrons. The van der Waals surface area contributed by atoms with E-state index in [-0.39, 0.29) is 43.7 Å². The third-order valence-corrected chi connectivity index (χ3v) is 9.82. The van der Waals surface area contributed by atoms with E-state index >= 15 is 0 Å². The van der Waals surface area contributed by atoms with E-state index in [1.807, 2.05) is 60.7 Å². The number of halogens is 3. The van der Waals surface area contributed by atoms with Gasteiger partial charge in [0.2, 0.25) is 11.9 Å². The lowest BCUT2D eigenvalue weighted by atomic mass is 9.91. The first-order valence-electron chi connectivity index (χ1n) is 17.4. The van der Waals surface area contributed by atoms with Gasteiger partial charge >= 0.3 is 12.1 Å². The number of rotatable bonds is 12. The van der Waals surface area contributed by atoms with Gasteiger partial charge in [-0.25, -0.2) is 4.98 Å². The minimum atomic E-state index is -4.99. The Morgan fingerprint density at radius 2 is 1.67 bits per heavy atom. The molecule has 4 aromatic rings. The number of aliphatic hydroxyl groups excluding tert-OH is 2. The molecule has 0 unspecified atom stereocenters. The summed E-state index contributed by atoms with van der Waals surface area (Å²) in [7, 11) is 0. The number of anilines is 2. The number of imidazole rings is 1. The molecule has 1 aliphatic carbocycles. The first kappa shape index (κ1) is 36.0. The minimum Gasteiger partial charge on any atom is -0.388 e. The number of alkyl halides is 3. The normalized spacial score (nSPS) is 22.1. The van der Waals surface area contributed by atoms with Crippen molar-refractivity contribution in [2.24, 2.45) is 0 Å². The predicted octanol–water partition coefficient (Wildman–Crippen LogP) is 4.01. The topological polar surface area (TPSA) is 149 Å². The number of aromatic nitrogens is 4. The van der Waals surface area contributed by atoms with Gasteiger partial charge in [-0.2, -0.15) is 23.1 Å². The van der Waals surface area contributed by atoms with Gasteiger partial charge in [-0.1, -0.05) is 74.5 Å². The van der Waals surface area contributed by atoms with Gasteiger partial charge in [0.05, 0.1) is 24.5 Å². The van der Waals surface area contributed by atoms with Gasteiger partial charge in [0.1, 0.15) is 12.2 Å². The van der Waals surface area contributed by atoms with Crippen LogP contribution in [0.5, 0.6) is 0 Å². The van der Waals surface area contributed by atoms with Gasteiger partial charge in [0.25, 0.3) is 0 Å². The van der Waals surface area contributed by atoms with Gasteiger partial charge in [-0.15, -0.1) is 0 Å². The summed E-state index contributed by atoms with van der Waals surface area (Å²) in [6, 6.07) is 17.9. The third-order valence-electron chi connectivity index (χ3n) is 9.82. The van der Waals surface area contributed by atoms with Gasteiger partial charge in [0, 0.05) is 38.5 Å². The van der Waals surface area contributed by atoms with E-state index in [9.17, 15) is 33.0 Å². The number of amides is 2. The van der Waals surface area contributed by atoms with E-state index in [0.717, 1.165) is 16.0 Å². The van der Waals surface area contributed by atoms with Crippen LogP contribution in [0, 0.1) is 0 Å². The fraction of sp³-hybridized carbons (Fsp3) is 0.472. The van der Waals surface area contributed by atoms with Crippen molar-refractivity contribution in [3.05, 3.63) is 78.1 Å². The second-order valence-electron chi connectivity index (χ2n) is 13.1. The number of fused-ring (bicyclic) bond motifs is 1. The smallest absolute Gasteiger partial charge is 0.388 e. The first-order valence-corrected chi connectivity index (χ1v) is 17.4. The number of nitrogens with zero attached hydrogens (tertiary/aromatic N) is 6. The van der Waals surface area contributed by atoms with Crippen molar-refractivity contribution in [1.29, 1.82) is 0 Å². The second kappa shape index (κ2) is 15.2. The summed E-state index contributed by atoms with van der Waals surface area (Å²) in [6.45, 7) is 4.20. The highest BCUT2D eigenvalue weighted by Gasteiger charge is 2.46. The van der Waals surface area contributed by atoms with Crippen molar-refractivity contribution in [3.63, 3.8) is 0 Å². The zero-order valence-corrected chi connectivity index (χ0v) is 28.5. The molecule has 2 fully saturated rings. The largest absolute Gasteiger partial charge is 0.471 e. The Bertz CT molecular complexity index is 1770. The molecule has 4 N–H and O–H groups in total. The summed E-state index contributed by atoms with van der Waals surface area (Å²) < 4.78 is 42.3. The van der Waals surface area contributed by atoms with E-state index in [4.69, 9.17) is 9.97 Å². The van der Waals surface area contributed by atoms with Crippen LogP contribution < -0.4 is 15.5 Å². The van der Waals surface area contributed by atoms with Crippen molar-refractivity contribution in [2.75, 3.05) is 36.4 Å². The molecular weight excluding hydrogens is 665 g/mol. The summed E-state index contributed by atoms with van der Waals surface area (Å²) >= 11 is 0. The molecule has 0 bridgehead atoms. The standard InChI is InChI=1S/C36H43F3N8O4/c1-3-16-46(34(51)36(37,38)39)24-15-17-45(20-24)35-43-32(40-19-25(22-11-7-5-8-12-22)23-13-9-6-10-14-23)29-33(44-35)47(21-41-29)27-18-26(30(49)31(27)50)42-28(48)4-2/h5-14,21,24-27,30-31,49-50H,3-4,15-20H2,1-2H3,(H,42,48)(H,40,43,44)/t24-,26+,27-,30-,31+/m1/s1. The molecule has 2 aromatic heterocycles. The first-order chi connectivity index (χ1) is 24.5. The predicted molar refractivity (Wildman–Crippen MR) is 185 cm³/mol. The molecule has 3 heterocycles. The molecule has 1 saturated carbocycles. The molecule has 15 heteroatoms. The highest BCUT2D eigenvalue weighted by atomic mass is 19.4. The fourth-order valence-electron chi connectivity index (χ4n) is 7.18. The second-order valence-corrected chi connectivity index (χ2v) is 13.1. The highest BCUT2D eigenvalue weighted by molar-refractivity contribution is 5.85. The Hall–Kier alpha value is -4.76. The fourth-order valence-corrected chi connectivity index (χ4v) is 7.18. The van der Waals surface area contributed by atoms with Crippen LogP contribution in [-0.2, 0) is 9.59 Å². The van der Waals surface area contributed by atoms with E-state index in [1.165, 1.54) is 6.33 Å². The SMILES string of the molecule is CCCN(C(=O)C(F)(F)F)[C@@H]1CCN(c2nc(NCC(c3ccccc3)c3ccccc3)c3ncn([C@@H]4C[C@H](NC(=O)CC)[C@@H](O)[C@H]4O)c3n2)C1. The van der Waals surface area contributed by atoms with Crippen LogP contribution in [0.1, 0.15) is 62.6 Å². The van der Waals surface area contributed by atoms with Gasteiger partial charge in [-0.05, 0) is 30.4 Å². The van der Waals surface area contributed by atoms with Crippen LogP contribution in [0.4, 0.5) is 24.9 Å². The maximum Gasteiger partial charge on any atom is 0.471 e. The maximum atomic E-state index is 13.5. The van der Waals surface area contributed by atoms with Crippen molar-refractivity contribution in [1.82, 2.24) is 29.7 Å². The van der Waals surface area contributed by atoms with Crippen LogP contribution in [-0.4, -0.2) is 103 Å². The highest BCUT2D eigenvalue weighted by Crippen LogP contribution is 2.36. The monoisotopic (exact) mass is 708 g/mol. The lowest BCUT2D eigenvalue weighted by Gasteiger charge is -2.29. The summed E-state index contributed by atoms with van der Waals surface area (Å²) in [5, 5.41) is 28.2. The average molecular weight is 709 g/mol. The van der Waals surface area contributed by atoms with Crippen LogP contribution in [0.3, 0.4) is 0 Å².